The molecule has 0 saturated heterocycles. The van der Waals surface area contributed by atoms with Gasteiger partial charge in [0.15, 0.2) is 5.78 Å². The summed E-state index contributed by atoms with van der Waals surface area (Å²) < 4.78 is 4.78. The molecular formula is C19H23NO4. The van der Waals surface area contributed by atoms with Crippen LogP contribution in [0.15, 0.2) is 30.3 Å². The standard InChI is InChI=1S/C19H23NO4/c1-3-4-6-11-18(22)20-14-17(21)13-16(19(23)24-2)12-15-9-7-5-8-10-15/h1,5,7-10,16H,4,6,11-14H2,2H3,(H,20,22). The molecule has 0 aliphatic carbocycles. The van der Waals surface area contributed by atoms with Crippen molar-refractivity contribution in [3.05, 3.63) is 35.9 Å². The molecular weight excluding hydrogens is 306 g/mol. The van der Waals surface area contributed by atoms with Gasteiger partial charge in [0.25, 0.3) is 0 Å². The van der Waals surface area contributed by atoms with E-state index in [1.165, 1.54) is 7.11 Å². The van der Waals surface area contributed by atoms with Gasteiger partial charge < -0.3 is 10.1 Å². The van der Waals surface area contributed by atoms with Crippen molar-refractivity contribution in [1.29, 1.82) is 0 Å². The topological polar surface area (TPSA) is 72.5 Å². The van der Waals surface area contributed by atoms with E-state index in [2.05, 4.69) is 11.2 Å². The predicted octanol–water partition coefficient (Wildman–Crippen LogP) is 1.90. The van der Waals surface area contributed by atoms with Gasteiger partial charge in [-0.15, -0.1) is 12.3 Å². The van der Waals surface area contributed by atoms with Crippen LogP contribution in [0.5, 0.6) is 0 Å². The van der Waals surface area contributed by atoms with Crippen molar-refractivity contribution in [2.45, 2.75) is 32.1 Å². The number of amides is 1. The van der Waals surface area contributed by atoms with Gasteiger partial charge in [0.2, 0.25) is 5.91 Å². The number of methoxy groups -OCH3 is 1. The Morgan fingerprint density at radius 1 is 1.25 bits per heavy atom. The summed E-state index contributed by atoms with van der Waals surface area (Å²) in [5, 5.41) is 2.56. The first-order valence-electron chi connectivity index (χ1n) is 7.90. The van der Waals surface area contributed by atoms with Gasteiger partial charge in [-0.2, -0.15) is 0 Å². The molecule has 1 atom stereocenters. The molecule has 5 nitrogen and oxygen atoms in total. The lowest BCUT2D eigenvalue weighted by atomic mass is 9.94. The van der Waals surface area contributed by atoms with Gasteiger partial charge in [-0.05, 0) is 18.4 Å². The second-order valence-electron chi connectivity index (χ2n) is 5.49. The van der Waals surface area contributed by atoms with Gasteiger partial charge >= 0.3 is 5.97 Å². The number of Topliss-reactive ketones (excluding diaryl/α,β-unsaturated/α-hetero) is 1. The molecule has 1 amide bonds. The van der Waals surface area contributed by atoms with Crippen molar-refractivity contribution in [3.63, 3.8) is 0 Å². The molecule has 128 valence electrons. The number of carbonyl (C=O) groups is 3. The Morgan fingerprint density at radius 2 is 1.96 bits per heavy atom. The molecule has 0 saturated carbocycles. The Morgan fingerprint density at radius 3 is 2.58 bits per heavy atom. The second-order valence-corrected chi connectivity index (χ2v) is 5.49. The van der Waals surface area contributed by atoms with Crippen molar-refractivity contribution < 1.29 is 19.1 Å². The largest absolute Gasteiger partial charge is 0.469 e. The first kappa shape index (κ1) is 19.4. The quantitative estimate of drug-likeness (QED) is 0.404. The first-order valence-corrected chi connectivity index (χ1v) is 7.90. The van der Waals surface area contributed by atoms with Crippen LogP contribution in [-0.2, 0) is 25.5 Å². The number of unbranched alkanes of at least 4 members (excludes halogenated alkanes) is 1. The summed E-state index contributed by atoms with van der Waals surface area (Å²) in [6.45, 7) is -0.0861. The maximum absolute atomic E-state index is 12.0. The minimum absolute atomic E-state index is 0.0339. The van der Waals surface area contributed by atoms with Crippen molar-refractivity contribution in [3.8, 4) is 12.3 Å². The molecule has 0 heterocycles. The zero-order valence-electron chi connectivity index (χ0n) is 13.9. The van der Waals surface area contributed by atoms with E-state index >= 15 is 0 Å². The van der Waals surface area contributed by atoms with Crippen molar-refractivity contribution in [2.75, 3.05) is 13.7 Å². The number of nitrogens with one attached hydrogen (secondary N) is 1. The van der Waals surface area contributed by atoms with Crippen LogP contribution in [0.2, 0.25) is 0 Å². The summed E-state index contributed by atoms with van der Waals surface area (Å²) in [6, 6.07) is 9.43. The molecule has 0 aliphatic rings. The summed E-state index contributed by atoms with van der Waals surface area (Å²) in [5.41, 5.74) is 0.957. The van der Waals surface area contributed by atoms with Crippen LogP contribution >= 0.6 is 0 Å². The predicted molar refractivity (Wildman–Crippen MR) is 91.0 cm³/mol. The molecule has 5 heteroatoms. The fourth-order valence-corrected chi connectivity index (χ4v) is 2.29. The molecule has 1 N–H and O–H groups in total. The highest BCUT2D eigenvalue weighted by Crippen LogP contribution is 2.14. The van der Waals surface area contributed by atoms with Crippen LogP contribution < -0.4 is 5.32 Å². The zero-order valence-corrected chi connectivity index (χ0v) is 13.9. The van der Waals surface area contributed by atoms with Gasteiger partial charge in [0, 0.05) is 19.3 Å². The van der Waals surface area contributed by atoms with Gasteiger partial charge in [-0.1, -0.05) is 30.3 Å². The second kappa shape index (κ2) is 11.0. The molecule has 0 radical (unpaired) electrons. The highest BCUT2D eigenvalue weighted by molar-refractivity contribution is 5.89. The number of ether oxygens (including phenoxy) is 1. The number of rotatable bonds is 10. The minimum atomic E-state index is -0.553. The number of hydrogen-bond donors (Lipinski definition) is 1. The summed E-state index contributed by atoms with van der Waals surface area (Å²) in [6.07, 6.45) is 6.99. The summed E-state index contributed by atoms with van der Waals surface area (Å²) in [4.78, 5) is 35.5. The lowest BCUT2D eigenvalue weighted by Crippen LogP contribution is -2.32. The maximum Gasteiger partial charge on any atom is 0.309 e. The molecule has 0 aliphatic heterocycles. The van der Waals surface area contributed by atoms with Crippen LogP contribution in [0.4, 0.5) is 0 Å². The molecule has 1 aromatic rings. The van der Waals surface area contributed by atoms with Crippen LogP contribution in [0.3, 0.4) is 0 Å². The van der Waals surface area contributed by atoms with Crippen LogP contribution in [0, 0.1) is 18.3 Å². The van der Waals surface area contributed by atoms with E-state index in [0.717, 1.165) is 5.56 Å². The highest BCUT2D eigenvalue weighted by atomic mass is 16.5. The average molecular weight is 329 g/mol. The van der Waals surface area contributed by atoms with Crippen LogP contribution in [0.1, 0.15) is 31.2 Å². The molecule has 1 rings (SSSR count). The lowest BCUT2D eigenvalue weighted by Gasteiger charge is -2.14. The third-order valence-corrected chi connectivity index (χ3v) is 3.54. The molecule has 0 fully saturated rings. The van der Waals surface area contributed by atoms with Crippen molar-refractivity contribution in [1.82, 2.24) is 5.32 Å². The highest BCUT2D eigenvalue weighted by Gasteiger charge is 2.23. The number of benzene rings is 1. The SMILES string of the molecule is C#CCCCC(=O)NCC(=O)CC(Cc1ccccc1)C(=O)OC. The monoisotopic (exact) mass is 329 g/mol. The minimum Gasteiger partial charge on any atom is -0.469 e. The summed E-state index contributed by atoms with van der Waals surface area (Å²) in [7, 11) is 1.30. The Bertz CT molecular complexity index is 589. The third kappa shape index (κ3) is 7.59. The summed E-state index contributed by atoms with van der Waals surface area (Å²) in [5.74, 6) is 1.07. The number of carbonyl (C=O) groups excluding carboxylic acids is 3. The zero-order chi connectivity index (χ0) is 17.8. The fourth-order valence-electron chi connectivity index (χ4n) is 2.29. The normalized spacial score (nSPS) is 11.2. The molecule has 1 aromatic carbocycles. The number of hydrogen-bond acceptors (Lipinski definition) is 4. The molecule has 1 unspecified atom stereocenters. The van der Waals surface area contributed by atoms with E-state index in [1.807, 2.05) is 30.3 Å². The Kier molecular flexibility index (Phi) is 8.91. The fraction of sp³-hybridized carbons (Fsp3) is 0.421. The average Bonchev–Trinajstić information content (AvgIpc) is 2.60. The van der Waals surface area contributed by atoms with Crippen molar-refractivity contribution >= 4 is 17.7 Å². The smallest absolute Gasteiger partial charge is 0.309 e. The van der Waals surface area contributed by atoms with Gasteiger partial charge in [0.1, 0.15) is 0 Å². The number of esters is 1. The van der Waals surface area contributed by atoms with E-state index in [1.54, 1.807) is 0 Å². The van der Waals surface area contributed by atoms with E-state index in [0.29, 0.717) is 25.7 Å². The molecule has 24 heavy (non-hydrogen) atoms. The van der Waals surface area contributed by atoms with Crippen LogP contribution in [0.25, 0.3) is 0 Å². The Labute approximate surface area is 142 Å². The van der Waals surface area contributed by atoms with E-state index in [-0.39, 0.29) is 24.7 Å². The number of ketones is 1. The number of terminal acetylenes is 1. The molecule has 0 aromatic heterocycles. The van der Waals surface area contributed by atoms with Gasteiger partial charge in [0.05, 0.1) is 19.6 Å². The first-order chi connectivity index (χ1) is 11.6. The maximum atomic E-state index is 12.0. The lowest BCUT2D eigenvalue weighted by molar-refractivity contribution is -0.147. The Hall–Kier alpha value is -2.61. The third-order valence-electron chi connectivity index (χ3n) is 3.54. The van der Waals surface area contributed by atoms with Crippen molar-refractivity contribution in [2.24, 2.45) is 5.92 Å². The van der Waals surface area contributed by atoms with E-state index in [4.69, 9.17) is 11.2 Å². The molecule has 0 bridgehead atoms. The summed E-state index contributed by atoms with van der Waals surface area (Å²) >= 11 is 0. The van der Waals surface area contributed by atoms with E-state index < -0.39 is 11.9 Å². The Balaban J connectivity index is 2.48. The van der Waals surface area contributed by atoms with Gasteiger partial charge in [-0.3, -0.25) is 14.4 Å². The molecule has 0 spiro atoms. The van der Waals surface area contributed by atoms with Gasteiger partial charge in [-0.25, -0.2) is 0 Å². The van der Waals surface area contributed by atoms with Crippen LogP contribution in [-0.4, -0.2) is 31.3 Å². The van der Waals surface area contributed by atoms with E-state index in [9.17, 15) is 14.4 Å².